The van der Waals surface area contributed by atoms with Crippen LogP contribution < -0.4 is 0 Å². The normalized spacial score (nSPS) is 9.40. The van der Waals surface area contributed by atoms with Gasteiger partial charge in [0.15, 0.2) is 0 Å². The molecule has 1 aromatic heterocycles. The van der Waals surface area contributed by atoms with Gasteiger partial charge in [-0.15, -0.1) is 0 Å². The van der Waals surface area contributed by atoms with Crippen molar-refractivity contribution in [2.75, 3.05) is 12.9 Å². The molecule has 0 bridgehead atoms. The Balaban J connectivity index is 2.80. The van der Waals surface area contributed by atoms with Crippen molar-refractivity contribution in [2.24, 2.45) is 0 Å². The average molecular weight is 222 g/mol. The van der Waals surface area contributed by atoms with E-state index in [9.17, 15) is 4.79 Å². The number of pyridine rings is 1. The van der Waals surface area contributed by atoms with Crippen molar-refractivity contribution in [3.63, 3.8) is 0 Å². The van der Waals surface area contributed by atoms with Crippen LogP contribution in [0, 0.1) is 18.3 Å². The minimum absolute atomic E-state index is 0.168. The van der Waals surface area contributed by atoms with Gasteiger partial charge in [0.2, 0.25) is 0 Å². The van der Waals surface area contributed by atoms with Crippen LogP contribution in [0.25, 0.3) is 0 Å². The molecule has 0 aromatic carbocycles. The minimum Gasteiger partial charge on any atom is -0.468 e. The molecular weight excluding hydrogens is 212 g/mol. The summed E-state index contributed by atoms with van der Waals surface area (Å²) in [6, 6.07) is 5.49. The summed E-state index contributed by atoms with van der Waals surface area (Å²) in [7, 11) is 1.33. The van der Waals surface area contributed by atoms with Crippen molar-refractivity contribution in [3.05, 3.63) is 23.4 Å². The predicted molar refractivity (Wildman–Crippen MR) is 56.4 cm³/mol. The first-order valence-electron chi connectivity index (χ1n) is 4.24. The summed E-state index contributed by atoms with van der Waals surface area (Å²) in [4.78, 5) is 15.1. The van der Waals surface area contributed by atoms with E-state index < -0.39 is 0 Å². The molecule has 0 saturated heterocycles. The van der Waals surface area contributed by atoms with Crippen LogP contribution in [0.3, 0.4) is 0 Å². The summed E-state index contributed by atoms with van der Waals surface area (Å²) in [5.74, 6) is -0.158. The molecule has 1 heterocycles. The first kappa shape index (κ1) is 11.5. The fourth-order valence-electron chi connectivity index (χ4n) is 0.914. The van der Waals surface area contributed by atoms with Gasteiger partial charge in [0.05, 0.1) is 18.4 Å². The second-order valence-corrected chi connectivity index (χ2v) is 3.75. The molecule has 78 valence electrons. The van der Waals surface area contributed by atoms with Gasteiger partial charge in [-0.2, -0.15) is 5.26 Å². The summed E-state index contributed by atoms with van der Waals surface area (Å²) < 4.78 is 4.51. The Hall–Kier alpha value is -1.54. The highest BCUT2D eigenvalue weighted by molar-refractivity contribution is 7.99. The van der Waals surface area contributed by atoms with Gasteiger partial charge in [0.25, 0.3) is 0 Å². The number of nitriles is 1. The van der Waals surface area contributed by atoms with Crippen LogP contribution in [-0.4, -0.2) is 23.8 Å². The van der Waals surface area contributed by atoms with Crippen molar-refractivity contribution >= 4 is 17.7 Å². The Morgan fingerprint density at radius 1 is 1.67 bits per heavy atom. The number of ether oxygens (including phenoxy) is 1. The summed E-state index contributed by atoms with van der Waals surface area (Å²) in [6.45, 7) is 1.84. The van der Waals surface area contributed by atoms with Gasteiger partial charge in [0, 0.05) is 5.69 Å². The van der Waals surface area contributed by atoms with Gasteiger partial charge in [-0.05, 0) is 19.1 Å². The second-order valence-electron chi connectivity index (χ2n) is 2.78. The number of rotatable bonds is 3. The predicted octanol–water partition coefficient (Wildman–Crippen LogP) is 1.53. The lowest BCUT2D eigenvalue weighted by molar-refractivity contribution is -0.137. The molecule has 0 amide bonds. The summed E-state index contributed by atoms with van der Waals surface area (Å²) in [6.07, 6.45) is 0. The van der Waals surface area contributed by atoms with Crippen molar-refractivity contribution in [1.29, 1.82) is 5.26 Å². The topological polar surface area (TPSA) is 63.0 Å². The van der Waals surface area contributed by atoms with E-state index >= 15 is 0 Å². The van der Waals surface area contributed by atoms with Crippen LogP contribution in [0.15, 0.2) is 17.2 Å². The molecule has 1 aromatic rings. The molecule has 0 N–H and O–H groups in total. The Bertz CT molecular complexity index is 412. The summed E-state index contributed by atoms with van der Waals surface area (Å²) >= 11 is 1.21. The maximum absolute atomic E-state index is 10.9. The molecule has 0 atom stereocenters. The van der Waals surface area contributed by atoms with Gasteiger partial charge in [-0.25, -0.2) is 4.98 Å². The number of hydrogen-bond donors (Lipinski definition) is 0. The highest BCUT2D eigenvalue weighted by atomic mass is 32.2. The molecule has 0 saturated carbocycles. The number of thioether (sulfide) groups is 1. The minimum atomic E-state index is -0.327. The van der Waals surface area contributed by atoms with E-state index in [0.29, 0.717) is 10.6 Å². The number of methoxy groups -OCH3 is 1. The van der Waals surface area contributed by atoms with Crippen molar-refractivity contribution in [2.45, 2.75) is 11.9 Å². The zero-order valence-corrected chi connectivity index (χ0v) is 9.30. The Morgan fingerprint density at radius 3 is 3.00 bits per heavy atom. The zero-order valence-electron chi connectivity index (χ0n) is 8.48. The highest BCUT2D eigenvalue weighted by Crippen LogP contribution is 2.20. The van der Waals surface area contributed by atoms with Gasteiger partial charge in [-0.1, -0.05) is 11.8 Å². The van der Waals surface area contributed by atoms with Crippen LogP contribution >= 0.6 is 11.8 Å². The third-order valence-electron chi connectivity index (χ3n) is 1.67. The van der Waals surface area contributed by atoms with Crippen LogP contribution in [-0.2, 0) is 9.53 Å². The van der Waals surface area contributed by atoms with E-state index in [2.05, 4.69) is 9.72 Å². The monoisotopic (exact) mass is 222 g/mol. The number of aryl methyl sites for hydroxylation is 1. The Morgan fingerprint density at radius 2 is 2.40 bits per heavy atom. The molecular formula is C10H10N2O2S. The largest absolute Gasteiger partial charge is 0.468 e. The molecule has 0 radical (unpaired) electrons. The molecule has 0 aliphatic heterocycles. The average Bonchev–Trinajstić information content (AvgIpc) is 2.26. The zero-order chi connectivity index (χ0) is 11.3. The van der Waals surface area contributed by atoms with Crippen molar-refractivity contribution in [1.82, 2.24) is 4.98 Å². The maximum Gasteiger partial charge on any atom is 0.316 e. The summed E-state index contributed by atoms with van der Waals surface area (Å²) in [5.41, 5.74) is 1.30. The van der Waals surface area contributed by atoms with Crippen molar-refractivity contribution in [3.8, 4) is 6.07 Å². The van der Waals surface area contributed by atoms with Crippen LogP contribution in [0.5, 0.6) is 0 Å². The van der Waals surface area contributed by atoms with Crippen molar-refractivity contribution < 1.29 is 9.53 Å². The third-order valence-corrected chi connectivity index (χ3v) is 2.64. The highest BCUT2D eigenvalue weighted by Gasteiger charge is 2.08. The van der Waals surface area contributed by atoms with Gasteiger partial charge >= 0.3 is 5.97 Å². The number of carbonyl (C=O) groups excluding carboxylic acids is 1. The molecule has 0 aliphatic rings. The van der Waals surface area contributed by atoms with Crippen LogP contribution in [0.2, 0.25) is 0 Å². The molecule has 0 unspecified atom stereocenters. The van der Waals surface area contributed by atoms with E-state index in [1.54, 1.807) is 12.1 Å². The second kappa shape index (κ2) is 5.37. The molecule has 0 aliphatic carbocycles. The molecule has 0 fully saturated rings. The van der Waals surface area contributed by atoms with E-state index in [1.165, 1.54) is 18.9 Å². The van der Waals surface area contributed by atoms with Gasteiger partial charge in [-0.3, -0.25) is 4.79 Å². The Labute approximate surface area is 92.3 Å². The fraction of sp³-hybridized carbons (Fsp3) is 0.300. The molecule has 5 heteroatoms. The number of esters is 1. The summed E-state index contributed by atoms with van der Waals surface area (Å²) in [5, 5.41) is 9.38. The van der Waals surface area contributed by atoms with Gasteiger partial charge < -0.3 is 4.74 Å². The molecule has 4 nitrogen and oxygen atoms in total. The number of aromatic nitrogens is 1. The van der Waals surface area contributed by atoms with E-state index in [4.69, 9.17) is 5.26 Å². The Kier molecular flexibility index (Phi) is 4.13. The third kappa shape index (κ3) is 3.26. The van der Waals surface area contributed by atoms with E-state index in [0.717, 1.165) is 5.69 Å². The van der Waals surface area contributed by atoms with E-state index in [-0.39, 0.29) is 11.7 Å². The first-order valence-corrected chi connectivity index (χ1v) is 5.23. The number of hydrogen-bond acceptors (Lipinski definition) is 5. The molecule has 1 rings (SSSR count). The lowest BCUT2D eigenvalue weighted by atomic mass is 10.3. The lowest BCUT2D eigenvalue weighted by Crippen LogP contribution is -2.04. The lowest BCUT2D eigenvalue weighted by Gasteiger charge is -2.02. The first-order chi connectivity index (χ1) is 7.17. The molecule has 15 heavy (non-hydrogen) atoms. The van der Waals surface area contributed by atoms with E-state index in [1.807, 2.05) is 13.0 Å². The molecule has 0 spiro atoms. The maximum atomic E-state index is 10.9. The number of nitrogens with zero attached hydrogens (tertiary/aromatic N) is 2. The number of carbonyl (C=O) groups is 1. The fourth-order valence-corrected chi connectivity index (χ4v) is 1.76. The SMILES string of the molecule is COC(=O)CSc1nc(C)ccc1C#N. The standard InChI is InChI=1S/C10H10N2O2S/c1-7-3-4-8(5-11)10(12-7)15-6-9(13)14-2/h3-4H,6H2,1-2H3. The van der Waals surface area contributed by atoms with Crippen LogP contribution in [0.4, 0.5) is 0 Å². The smallest absolute Gasteiger partial charge is 0.316 e. The van der Waals surface area contributed by atoms with Gasteiger partial charge in [0.1, 0.15) is 11.1 Å². The quantitative estimate of drug-likeness (QED) is 0.573. The van der Waals surface area contributed by atoms with Crippen LogP contribution in [0.1, 0.15) is 11.3 Å².